The van der Waals surface area contributed by atoms with Crippen LogP contribution in [0, 0.1) is 5.92 Å². The Bertz CT molecular complexity index is 158. The molecule has 1 saturated heterocycles. The van der Waals surface area contributed by atoms with E-state index in [4.69, 9.17) is 0 Å². The lowest BCUT2D eigenvalue weighted by Crippen LogP contribution is -2.44. The predicted molar refractivity (Wildman–Crippen MR) is 62.6 cm³/mol. The molecule has 1 rings (SSSR count). The van der Waals surface area contributed by atoms with E-state index in [1.807, 2.05) is 0 Å². The highest BCUT2D eigenvalue weighted by Crippen LogP contribution is 2.24. The Hall–Kier alpha value is -0.0800. The van der Waals surface area contributed by atoms with Crippen LogP contribution < -0.4 is 5.32 Å². The van der Waals surface area contributed by atoms with Crippen molar-refractivity contribution < 1.29 is 0 Å². The van der Waals surface area contributed by atoms with Crippen LogP contribution in [0.2, 0.25) is 0 Å². The highest BCUT2D eigenvalue weighted by atomic mass is 15.2. The lowest BCUT2D eigenvalue weighted by Gasteiger charge is -2.34. The number of hydrogen-bond donors (Lipinski definition) is 1. The summed E-state index contributed by atoms with van der Waals surface area (Å²) in [6.45, 7) is 9.52. The third kappa shape index (κ3) is 2.71. The molecule has 14 heavy (non-hydrogen) atoms. The van der Waals surface area contributed by atoms with Crippen molar-refractivity contribution in [3.05, 3.63) is 0 Å². The van der Waals surface area contributed by atoms with E-state index >= 15 is 0 Å². The molecule has 84 valence electrons. The Morgan fingerprint density at radius 1 is 1.43 bits per heavy atom. The average molecular weight is 198 g/mol. The number of likely N-dealkylation sites (N-methyl/N-ethyl adjacent to an activating group) is 1. The van der Waals surface area contributed by atoms with Crippen molar-refractivity contribution in [1.29, 1.82) is 0 Å². The third-order valence-electron chi connectivity index (χ3n) is 3.85. The summed E-state index contributed by atoms with van der Waals surface area (Å²) in [5.74, 6) is 0.826. The highest BCUT2D eigenvalue weighted by molar-refractivity contribution is 4.85. The van der Waals surface area contributed by atoms with E-state index in [-0.39, 0.29) is 0 Å². The second-order valence-electron chi connectivity index (χ2n) is 4.72. The van der Waals surface area contributed by atoms with Crippen LogP contribution in [0.5, 0.6) is 0 Å². The summed E-state index contributed by atoms with van der Waals surface area (Å²) in [5.41, 5.74) is 0. The molecule has 0 radical (unpaired) electrons. The molecule has 1 aliphatic rings. The van der Waals surface area contributed by atoms with Crippen molar-refractivity contribution in [3.63, 3.8) is 0 Å². The van der Waals surface area contributed by atoms with E-state index in [0.717, 1.165) is 24.5 Å². The van der Waals surface area contributed by atoms with Crippen LogP contribution in [0.15, 0.2) is 0 Å². The third-order valence-corrected chi connectivity index (χ3v) is 3.85. The molecule has 0 bridgehead atoms. The van der Waals surface area contributed by atoms with Gasteiger partial charge in [-0.3, -0.25) is 4.90 Å². The first-order valence-electron chi connectivity index (χ1n) is 6.11. The zero-order valence-electron chi connectivity index (χ0n) is 10.2. The first kappa shape index (κ1) is 12.0. The minimum atomic E-state index is 0.751. The lowest BCUT2D eigenvalue weighted by molar-refractivity contribution is 0.144. The maximum Gasteiger partial charge on any atom is 0.0223 e. The largest absolute Gasteiger partial charge is 0.318 e. The Morgan fingerprint density at radius 3 is 2.71 bits per heavy atom. The second-order valence-corrected chi connectivity index (χ2v) is 4.72. The molecule has 0 aromatic rings. The normalized spacial score (nSPS) is 27.9. The SMILES string of the molecule is CCC(C)C(C)N1CCCC1CNC. The van der Waals surface area contributed by atoms with Gasteiger partial charge in [0.2, 0.25) is 0 Å². The summed E-state index contributed by atoms with van der Waals surface area (Å²) in [6.07, 6.45) is 4.05. The number of hydrogen-bond acceptors (Lipinski definition) is 2. The van der Waals surface area contributed by atoms with Crippen LogP contribution >= 0.6 is 0 Å². The topological polar surface area (TPSA) is 15.3 Å². The van der Waals surface area contributed by atoms with Gasteiger partial charge in [0, 0.05) is 18.6 Å². The van der Waals surface area contributed by atoms with Gasteiger partial charge < -0.3 is 5.32 Å². The van der Waals surface area contributed by atoms with Gasteiger partial charge in [0.05, 0.1) is 0 Å². The fraction of sp³-hybridized carbons (Fsp3) is 1.00. The zero-order valence-corrected chi connectivity index (χ0v) is 10.2. The van der Waals surface area contributed by atoms with Gasteiger partial charge in [0.25, 0.3) is 0 Å². The van der Waals surface area contributed by atoms with Crippen molar-refractivity contribution in [2.45, 2.75) is 52.1 Å². The van der Waals surface area contributed by atoms with Crippen molar-refractivity contribution in [3.8, 4) is 0 Å². The van der Waals surface area contributed by atoms with Crippen LogP contribution in [0.4, 0.5) is 0 Å². The molecule has 0 aliphatic carbocycles. The molecule has 3 unspecified atom stereocenters. The predicted octanol–water partition coefficient (Wildman–Crippen LogP) is 2.10. The van der Waals surface area contributed by atoms with Crippen LogP contribution in [0.25, 0.3) is 0 Å². The van der Waals surface area contributed by atoms with Gasteiger partial charge in [-0.15, -0.1) is 0 Å². The quantitative estimate of drug-likeness (QED) is 0.728. The van der Waals surface area contributed by atoms with Gasteiger partial charge in [0.15, 0.2) is 0 Å². The van der Waals surface area contributed by atoms with Crippen molar-refractivity contribution in [1.82, 2.24) is 10.2 Å². The van der Waals surface area contributed by atoms with Gasteiger partial charge in [-0.1, -0.05) is 20.3 Å². The first-order valence-corrected chi connectivity index (χ1v) is 6.11. The summed E-state index contributed by atoms with van der Waals surface area (Å²) in [4.78, 5) is 2.70. The number of nitrogens with zero attached hydrogens (tertiary/aromatic N) is 1. The van der Waals surface area contributed by atoms with Crippen molar-refractivity contribution in [2.24, 2.45) is 5.92 Å². The van der Waals surface area contributed by atoms with Crippen molar-refractivity contribution in [2.75, 3.05) is 20.1 Å². The molecule has 0 saturated carbocycles. The van der Waals surface area contributed by atoms with Gasteiger partial charge in [-0.25, -0.2) is 0 Å². The summed E-state index contributed by atoms with van der Waals surface area (Å²) < 4.78 is 0. The van der Waals surface area contributed by atoms with E-state index in [1.165, 1.54) is 25.8 Å². The van der Waals surface area contributed by atoms with E-state index in [1.54, 1.807) is 0 Å². The average Bonchev–Trinajstić information content (AvgIpc) is 2.64. The molecular formula is C12H26N2. The molecular weight excluding hydrogens is 172 g/mol. The Morgan fingerprint density at radius 2 is 2.14 bits per heavy atom. The van der Waals surface area contributed by atoms with Crippen LogP contribution in [0.1, 0.15) is 40.0 Å². The first-order chi connectivity index (χ1) is 6.70. The summed E-state index contributed by atoms with van der Waals surface area (Å²) >= 11 is 0. The van der Waals surface area contributed by atoms with Gasteiger partial charge in [-0.2, -0.15) is 0 Å². The molecule has 0 amide bonds. The monoisotopic (exact) mass is 198 g/mol. The summed E-state index contributed by atoms with van der Waals surface area (Å²) in [6, 6.07) is 1.53. The van der Waals surface area contributed by atoms with Crippen LogP contribution in [-0.2, 0) is 0 Å². The Balaban J connectivity index is 2.48. The van der Waals surface area contributed by atoms with Crippen molar-refractivity contribution >= 4 is 0 Å². The minimum Gasteiger partial charge on any atom is -0.318 e. The molecule has 1 fully saturated rings. The number of nitrogens with one attached hydrogen (secondary N) is 1. The fourth-order valence-electron chi connectivity index (χ4n) is 2.52. The standard InChI is InChI=1S/C12H26N2/c1-5-10(2)11(3)14-8-6-7-12(14)9-13-4/h10-13H,5-9H2,1-4H3. The Kier molecular flexibility index (Phi) is 4.90. The molecule has 2 nitrogen and oxygen atoms in total. The Labute approximate surface area is 89.1 Å². The maximum absolute atomic E-state index is 3.31. The minimum absolute atomic E-state index is 0.751. The van der Waals surface area contributed by atoms with E-state index in [0.29, 0.717) is 0 Å². The molecule has 0 aromatic carbocycles. The lowest BCUT2D eigenvalue weighted by atomic mass is 9.98. The molecule has 0 spiro atoms. The van der Waals surface area contributed by atoms with Crippen LogP contribution in [-0.4, -0.2) is 37.1 Å². The summed E-state index contributed by atoms with van der Waals surface area (Å²) in [5, 5.41) is 3.31. The van der Waals surface area contributed by atoms with E-state index in [9.17, 15) is 0 Å². The number of rotatable bonds is 5. The zero-order chi connectivity index (χ0) is 10.6. The van der Waals surface area contributed by atoms with Gasteiger partial charge in [-0.05, 0) is 39.3 Å². The number of likely N-dealkylation sites (tertiary alicyclic amines) is 1. The fourth-order valence-corrected chi connectivity index (χ4v) is 2.52. The summed E-state index contributed by atoms with van der Waals surface area (Å²) in [7, 11) is 2.06. The molecule has 2 heteroatoms. The molecule has 3 atom stereocenters. The smallest absolute Gasteiger partial charge is 0.0223 e. The molecule has 0 aromatic heterocycles. The highest BCUT2D eigenvalue weighted by Gasteiger charge is 2.29. The van der Waals surface area contributed by atoms with Gasteiger partial charge >= 0.3 is 0 Å². The van der Waals surface area contributed by atoms with Crippen LogP contribution in [0.3, 0.4) is 0 Å². The maximum atomic E-state index is 3.31. The van der Waals surface area contributed by atoms with Gasteiger partial charge in [0.1, 0.15) is 0 Å². The second kappa shape index (κ2) is 5.72. The molecule has 1 N–H and O–H groups in total. The van der Waals surface area contributed by atoms with E-state index in [2.05, 4.69) is 38.0 Å². The molecule has 1 aliphatic heterocycles. The molecule has 1 heterocycles. The van der Waals surface area contributed by atoms with E-state index < -0.39 is 0 Å².